The minimum Gasteiger partial charge on any atom is -0.507 e. The first-order valence-electron chi connectivity index (χ1n) is 7.77. The van der Waals surface area contributed by atoms with Gasteiger partial charge in [0.1, 0.15) is 17.1 Å². The van der Waals surface area contributed by atoms with Crippen molar-refractivity contribution in [1.82, 2.24) is 0 Å². The number of hydrogen-bond donors (Lipinski definition) is 3. The number of benzene rings is 2. The van der Waals surface area contributed by atoms with Crippen molar-refractivity contribution in [1.29, 1.82) is 0 Å². The molecule has 6 heteroatoms. The summed E-state index contributed by atoms with van der Waals surface area (Å²) >= 11 is 0. The van der Waals surface area contributed by atoms with Crippen molar-refractivity contribution in [3.63, 3.8) is 0 Å². The van der Waals surface area contributed by atoms with Crippen molar-refractivity contribution in [2.24, 2.45) is 0 Å². The van der Waals surface area contributed by atoms with Crippen LogP contribution in [0.25, 0.3) is 0 Å². The highest BCUT2D eigenvalue weighted by molar-refractivity contribution is 5.96. The van der Waals surface area contributed by atoms with E-state index in [0.29, 0.717) is 5.75 Å². The lowest BCUT2D eigenvalue weighted by atomic mass is 9.86. The molecule has 2 aromatic rings. The van der Waals surface area contributed by atoms with Crippen LogP contribution in [0.2, 0.25) is 0 Å². The van der Waals surface area contributed by atoms with Crippen molar-refractivity contribution in [3.05, 3.63) is 53.6 Å². The Morgan fingerprint density at radius 2 is 1.80 bits per heavy atom. The first-order chi connectivity index (χ1) is 11.7. The molecule has 0 saturated heterocycles. The largest absolute Gasteiger partial charge is 0.507 e. The van der Waals surface area contributed by atoms with Crippen molar-refractivity contribution in [2.75, 3.05) is 11.9 Å². The van der Waals surface area contributed by atoms with E-state index in [1.807, 2.05) is 18.2 Å². The third kappa shape index (κ3) is 4.73. The van der Waals surface area contributed by atoms with Gasteiger partial charge in [0.15, 0.2) is 6.61 Å². The molecular weight excluding hydrogens is 322 g/mol. The van der Waals surface area contributed by atoms with Gasteiger partial charge in [-0.05, 0) is 35.2 Å². The fraction of sp³-hybridized carbons (Fsp3) is 0.263. The molecule has 0 radical (unpaired) electrons. The Bertz CT molecular complexity index is 793. The Labute approximate surface area is 146 Å². The van der Waals surface area contributed by atoms with Crippen LogP contribution in [0, 0.1) is 0 Å². The number of nitrogens with one attached hydrogen (secondary N) is 1. The van der Waals surface area contributed by atoms with Crippen LogP contribution >= 0.6 is 0 Å². The summed E-state index contributed by atoms with van der Waals surface area (Å²) in [6.45, 7) is 5.95. The fourth-order valence-electron chi connectivity index (χ4n) is 2.34. The zero-order valence-electron chi connectivity index (χ0n) is 14.4. The van der Waals surface area contributed by atoms with Gasteiger partial charge in [-0.2, -0.15) is 0 Å². The Morgan fingerprint density at radius 3 is 2.44 bits per heavy atom. The summed E-state index contributed by atoms with van der Waals surface area (Å²) in [5.41, 5.74) is 0.853. The van der Waals surface area contributed by atoms with E-state index in [1.165, 1.54) is 18.2 Å². The molecule has 2 aromatic carbocycles. The second-order valence-electron chi connectivity index (χ2n) is 6.62. The van der Waals surface area contributed by atoms with Gasteiger partial charge in [0, 0.05) is 5.69 Å². The number of ether oxygens (including phenoxy) is 1. The molecule has 0 bridgehead atoms. The fourth-order valence-corrected chi connectivity index (χ4v) is 2.34. The smallest absolute Gasteiger partial charge is 0.339 e. The lowest BCUT2D eigenvalue weighted by Crippen LogP contribution is -2.22. The quantitative estimate of drug-likeness (QED) is 0.723. The van der Waals surface area contributed by atoms with E-state index in [0.717, 1.165) is 5.56 Å². The Balaban J connectivity index is 2.05. The van der Waals surface area contributed by atoms with Gasteiger partial charge in [-0.3, -0.25) is 4.79 Å². The van der Waals surface area contributed by atoms with Gasteiger partial charge in [0.05, 0.1) is 0 Å². The van der Waals surface area contributed by atoms with E-state index < -0.39 is 11.9 Å². The van der Waals surface area contributed by atoms with E-state index in [4.69, 9.17) is 9.84 Å². The average molecular weight is 343 g/mol. The molecule has 1 amide bonds. The van der Waals surface area contributed by atoms with Crippen LogP contribution in [0.5, 0.6) is 11.5 Å². The number of amides is 1. The molecule has 2 rings (SSSR count). The number of aromatic carboxylic acids is 1. The van der Waals surface area contributed by atoms with Crippen LogP contribution in [0.3, 0.4) is 0 Å². The van der Waals surface area contributed by atoms with E-state index >= 15 is 0 Å². The molecule has 0 aliphatic rings. The van der Waals surface area contributed by atoms with Crippen molar-refractivity contribution < 1.29 is 24.5 Å². The molecule has 0 unspecified atom stereocenters. The molecule has 0 fully saturated rings. The summed E-state index contributed by atoms with van der Waals surface area (Å²) in [5, 5.41) is 21.0. The molecule has 0 atom stereocenters. The molecule has 6 nitrogen and oxygen atoms in total. The lowest BCUT2D eigenvalue weighted by molar-refractivity contribution is -0.118. The number of carbonyl (C=O) groups excluding carboxylic acids is 1. The van der Waals surface area contributed by atoms with Crippen molar-refractivity contribution in [3.8, 4) is 11.5 Å². The van der Waals surface area contributed by atoms with E-state index in [-0.39, 0.29) is 29.0 Å². The van der Waals surface area contributed by atoms with Gasteiger partial charge in [-0.15, -0.1) is 0 Å². The van der Waals surface area contributed by atoms with Gasteiger partial charge >= 0.3 is 5.97 Å². The molecule has 132 valence electrons. The summed E-state index contributed by atoms with van der Waals surface area (Å²) in [7, 11) is 0. The number of carboxylic acids is 1. The maximum Gasteiger partial charge on any atom is 0.339 e. The van der Waals surface area contributed by atoms with E-state index in [1.54, 1.807) is 6.07 Å². The first kappa shape index (κ1) is 18.3. The number of phenols is 1. The SMILES string of the molecule is CC(C)(C)c1ccccc1OCC(=O)Nc1ccc(O)c(C(=O)O)c1. The second kappa shape index (κ2) is 7.25. The van der Waals surface area contributed by atoms with E-state index in [2.05, 4.69) is 26.1 Å². The highest BCUT2D eigenvalue weighted by atomic mass is 16.5. The topological polar surface area (TPSA) is 95.9 Å². The predicted octanol–water partition coefficient (Wildman–Crippen LogP) is 3.41. The molecule has 0 spiro atoms. The third-order valence-corrected chi connectivity index (χ3v) is 3.56. The van der Waals surface area contributed by atoms with Gasteiger partial charge in [0.2, 0.25) is 0 Å². The van der Waals surface area contributed by atoms with Gasteiger partial charge in [-0.1, -0.05) is 39.0 Å². The number of carbonyl (C=O) groups is 2. The van der Waals surface area contributed by atoms with Gasteiger partial charge in [0.25, 0.3) is 5.91 Å². The summed E-state index contributed by atoms with van der Waals surface area (Å²) in [4.78, 5) is 23.1. The first-order valence-corrected chi connectivity index (χ1v) is 7.77. The molecular formula is C19H21NO5. The van der Waals surface area contributed by atoms with Crippen LogP contribution in [-0.2, 0) is 10.2 Å². The van der Waals surface area contributed by atoms with Crippen molar-refractivity contribution >= 4 is 17.6 Å². The number of para-hydroxylation sites is 1. The number of rotatable bonds is 5. The minimum atomic E-state index is -1.27. The maximum absolute atomic E-state index is 12.1. The third-order valence-electron chi connectivity index (χ3n) is 3.56. The summed E-state index contributed by atoms with van der Waals surface area (Å²) in [6.07, 6.45) is 0. The zero-order chi connectivity index (χ0) is 18.6. The van der Waals surface area contributed by atoms with Crippen LogP contribution in [0.15, 0.2) is 42.5 Å². The van der Waals surface area contributed by atoms with Crippen molar-refractivity contribution in [2.45, 2.75) is 26.2 Å². The monoisotopic (exact) mass is 343 g/mol. The Kier molecular flexibility index (Phi) is 5.32. The average Bonchev–Trinajstić information content (AvgIpc) is 2.54. The maximum atomic E-state index is 12.1. The summed E-state index contributed by atoms with van der Waals surface area (Å²) in [6, 6.07) is 11.3. The van der Waals surface area contributed by atoms with Crippen LogP contribution in [0.4, 0.5) is 5.69 Å². The number of carboxylic acid groups (broad SMARTS) is 1. The lowest BCUT2D eigenvalue weighted by Gasteiger charge is -2.22. The summed E-state index contributed by atoms with van der Waals surface area (Å²) < 4.78 is 5.62. The number of anilines is 1. The predicted molar refractivity (Wildman–Crippen MR) is 94.3 cm³/mol. The van der Waals surface area contributed by atoms with Crippen LogP contribution in [0.1, 0.15) is 36.7 Å². The molecule has 0 saturated carbocycles. The normalized spacial score (nSPS) is 11.0. The standard InChI is InChI=1S/C19H21NO5/c1-19(2,3)14-6-4-5-7-16(14)25-11-17(22)20-12-8-9-15(21)13(10-12)18(23)24/h4-10,21H,11H2,1-3H3,(H,20,22)(H,23,24). The molecule has 3 N–H and O–H groups in total. The Hall–Kier alpha value is -3.02. The van der Waals surface area contributed by atoms with Crippen LogP contribution in [-0.4, -0.2) is 28.7 Å². The summed E-state index contributed by atoms with van der Waals surface area (Å²) in [5.74, 6) is -1.43. The molecule has 0 aliphatic heterocycles. The second-order valence-corrected chi connectivity index (χ2v) is 6.62. The highest BCUT2D eigenvalue weighted by Crippen LogP contribution is 2.31. The number of hydrogen-bond acceptors (Lipinski definition) is 4. The molecule has 0 heterocycles. The van der Waals surface area contributed by atoms with Gasteiger partial charge < -0.3 is 20.3 Å². The van der Waals surface area contributed by atoms with Gasteiger partial charge in [-0.25, -0.2) is 4.79 Å². The zero-order valence-corrected chi connectivity index (χ0v) is 14.4. The molecule has 25 heavy (non-hydrogen) atoms. The molecule has 0 aromatic heterocycles. The minimum absolute atomic E-state index is 0.125. The highest BCUT2D eigenvalue weighted by Gasteiger charge is 2.19. The van der Waals surface area contributed by atoms with E-state index in [9.17, 15) is 14.7 Å². The number of aromatic hydroxyl groups is 1. The Morgan fingerprint density at radius 1 is 1.12 bits per heavy atom. The molecule has 0 aliphatic carbocycles. The van der Waals surface area contributed by atoms with Crippen LogP contribution < -0.4 is 10.1 Å².